The van der Waals surface area contributed by atoms with Gasteiger partial charge in [-0.15, -0.1) is 0 Å². The largest absolute Gasteiger partial charge is 0.390 e. The van der Waals surface area contributed by atoms with Gasteiger partial charge in [0.15, 0.2) is 5.78 Å². The number of halogens is 2. The highest BCUT2D eigenvalue weighted by atomic mass is 19.1. The number of nitrogens with one attached hydrogen (secondary N) is 1. The molecule has 9 atom stereocenters. The lowest BCUT2D eigenvalue weighted by molar-refractivity contribution is -0.131. The van der Waals surface area contributed by atoms with Gasteiger partial charge in [0.25, 0.3) is 0 Å². The molecule has 5 heteroatoms. The van der Waals surface area contributed by atoms with Gasteiger partial charge in [0.05, 0.1) is 17.8 Å². The smallest absolute Gasteiger partial charge is 0.155 e. The number of anilines is 1. The lowest BCUT2D eigenvalue weighted by Crippen LogP contribution is -2.52. The van der Waals surface area contributed by atoms with Gasteiger partial charge in [0.2, 0.25) is 0 Å². The molecule has 1 aromatic carbocycles. The van der Waals surface area contributed by atoms with Crippen LogP contribution in [0.2, 0.25) is 0 Å². The number of hydrogen-bond acceptors (Lipinski definition) is 3. The van der Waals surface area contributed by atoms with E-state index in [0.717, 1.165) is 50.0 Å². The van der Waals surface area contributed by atoms with Crippen molar-refractivity contribution in [3.8, 4) is 0 Å². The summed E-state index contributed by atoms with van der Waals surface area (Å²) in [4.78, 5) is 13.4. The summed E-state index contributed by atoms with van der Waals surface area (Å²) >= 11 is 0. The maximum Gasteiger partial charge on any atom is 0.155 e. The van der Waals surface area contributed by atoms with Gasteiger partial charge in [-0.05, 0) is 111 Å². The van der Waals surface area contributed by atoms with Crippen molar-refractivity contribution < 1.29 is 18.7 Å². The zero-order valence-electron chi connectivity index (χ0n) is 20.2. The topological polar surface area (TPSA) is 49.3 Å². The first-order valence-electron chi connectivity index (χ1n) is 13.0. The predicted molar refractivity (Wildman–Crippen MR) is 126 cm³/mol. The Morgan fingerprint density at radius 3 is 2.61 bits per heavy atom. The van der Waals surface area contributed by atoms with Crippen LogP contribution in [0, 0.1) is 58.5 Å². The SMILES string of the molecule is C[C@@H]1C[C@H](C(=O)CNc2ccc(F)cc2F)[C@@]2(C)CC[C@H]3[C@@H](CC[C@@H]4C[C@](C)(O)CC[C@@H]43)[C@H]12. The Morgan fingerprint density at radius 1 is 1.09 bits per heavy atom. The normalized spacial score (nSPS) is 44.5. The standard InChI is InChI=1S/C28H39F2NO2/c1-16-12-22(25(32)15-31-24-7-5-18(29)13-23(24)30)28(3)11-9-20-19-8-10-27(2,33)14-17(19)4-6-21(20)26(16)28/h5,7,13,16-17,19-22,26,31,33H,4,6,8-12,14-15H2,1-3H3/t16-,17-,19+,20-,21-,22-,26+,27-,28-/m1/s1. The van der Waals surface area contributed by atoms with E-state index >= 15 is 0 Å². The molecule has 0 heterocycles. The van der Waals surface area contributed by atoms with Crippen LogP contribution in [0.5, 0.6) is 0 Å². The molecule has 0 spiro atoms. The van der Waals surface area contributed by atoms with Crippen molar-refractivity contribution in [1.29, 1.82) is 0 Å². The van der Waals surface area contributed by atoms with Crippen molar-refractivity contribution in [2.75, 3.05) is 11.9 Å². The van der Waals surface area contributed by atoms with Gasteiger partial charge in [-0.2, -0.15) is 0 Å². The molecular weight excluding hydrogens is 420 g/mol. The number of fused-ring (bicyclic) bond motifs is 5. The Morgan fingerprint density at radius 2 is 1.85 bits per heavy atom. The predicted octanol–water partition coefficient (Wildman–Crippen LogP) is 6.21. The van der Waals surface area contributed by atoms with E-state index in [1.54, 1.807) is 0 Å². The molecule has 0 aliphatic heterocycles. The minimum atomic E-state index is -0.657. The Labute approximate surface area is 196 Å². The second-order valence-electron chi connectivity index (χ2n) is 12.3. The highest BCUT2D eigenvalue weighted by molar-refractivity contribution is 5.86. The molecule has 5 rings (SSSR count). The van der Waals surface area contributed by atoms with E-state index in [0.29, 0.717) is 23.7 Å². The lowest BCUT2D eigenvalue weighted by atomic mass is 9.48. The summed E-state index contributed by atoms with van der Waals surface area (Å²) in [5, 5.41) is 13.5. The number of ketones is 1. The van der Waals surface area contributed by atoms with Crippen LogP contribution in [-0.4, -0.2) is 23.0 Å². The maximum atomic E-state index is 14.0. The van der Waals surface area contributed by atoms with Gasteiger partial charge >= 0.3 is 0 Å². The van der Waals surface area contributed by atoms with Crippen LogP contribution in [0.1, 0.15) is 72.1 Å². The monoisotopic (exact) mass is 459 g/mol. The van der Waals surface area contributed by atoms with E-state index in [4.69, 9.17) is 0 Å². The molecule has 182 valence electrons. The summed E-state index contributed by atoms with van der Waals surface area (Å²) in [5.41, 5.74) is -0.298. The molecule has 1 aromatic rings. The average molecular weight is 460 g/mol. The molecule has 4 aliphatic carbocycles. The molecule has 3 nitrogen and oxygen atoms in total. The molecule has 2 N–H and O–H groups in total. The number of rotatable bonds is 4. The molecule has 0 amide bonds. The molecule has 4 aliphatic rings. The number of Topliss-reactive ketones (excluding diaryl/α,β-unsaturated/α-hetero) is 1. The lowest BCUT2D eigenvalue weighted by Gasteiger charge is -2.57. The van der Waals surface area contributed by atoms with Crippen molar-refractivity contribution in [3.05, 3.63) is 29.8 Å². The van der Waals surface area contributed by atoms with Gasteiger partial charge in [0.1, 0.15) is 11.6 Å². The molecule has 0 unspecified atom stereocenters. The molecule has 33 heavy (non-hydrogen) atoms. The van der Waals surface area contributed by atoms with Crippen LogP contribution in [0.15, 0.2) is 18.2 Å². The first kappa shape index (κ1) is 23.3. The van der Waals surface area contributed by atoms with Gasteiger partial charge in [0, 0.05) is 12.0 Å². The Kier molecular flexibility index (Phi) is 5.86. The fraction of sp³-hybridized carbons (Fsp3) is 0.750. The molecule has 4 saturated carbocycles. The molecule has 4 fully saturated rings. The summed E-state index contributed by atoms with van der Waals surface area (Å²) in [5.74, 6) is 2.79. The Balaban J connectivity index is 1.30. The number of carbonyl (C=O) groups excluding carboxylic acids is 1. The maximum absolute atomic E-state index is 14.0. The minimum absolute atomic E-state index is 0.000674. The third kappa shape index (κ3) is 4.02. The second kappa shape index (κ2) is 8.32. The van der Waals surface area contributed by atoms with Gasteiger partial charge < -0.3 is 10.4 Å². The first-order chi connectivity index (χ1) is 15.6. The van der Waals surface area contributed by atoms with Crippen LogP contribution >= 0.6 is 0 Å². The van der Waals surface area contributed by atoms with E-state index in [9.17, 15) is 18.7 Å². The quantitative estimate of drug-likeness (QED) is 0.563. The number of carbonyl (C=O) groups is 1. The van der Waals surface area contributed by atoms with Crippen molar-refractivity contribution >= 4 is 11.5 Å². The first-order valence-corrected chi connectivity index (χ1v) is 13.0. The summed E-state index contributed by atoms with van der Waals surface area (Å²) in [6.45, 7) is 6.78. The third-order valence-corrected chi connectivity index (χ3v) is 10.3. The molecule has 0 radical (unpaired) electrons. The van der Waals surface area contributed by atoms with Crippen molar-refractivity contribution in [2.24, 2.45) is 46.8 Å². The minimum Gasteiger partial charge on any atom is -0.390 e. The van der Waals surface area contributed by atoms with Crippen LogP contribution in [0.3, 0.4) is 0 Å². The number of hydrogen-bond donors (Lipinski definition) is 2. The average Bonchev–Trinajstić information content (AvgIpc) is 3.02. The van der Waals surface area contributed by atoms with Crippen molar-refractivity contribution in [1.82, 2.24) is 0 Å². The molecule has 0 aromatic heterocycles. The van der Waals surface area contributed by atoms with Gasteiger partial charge in [-0.3, -0.25) is 4.79 Å². The van der Waals surface area contributed by atoms with Gasteiger partial charge in [-0.1, -0.05) is 13.8 Å². The fourth-order valence-corrected chi connectivity index (χ4v) is 9.06. The number of benzene rings is 1. The van der Waals surface area contributed by atoms with Crippen LogP contribution in [0.4, 0.5) is 14.5 Å². The highest BCUT2D eigenvalue weighted by Gasteiger charge is 2.60. The number of aliphatic hydroxyl groups is 1. The van der Waals surface area contributed by atoms with E-state index < -0.39 is 17.2 Å². The fourth-order valence-electron chi connectivity index (χ4n) is 9.06. The highest BCUT2D eigenvalue weighted by Crippen LogP contribution is 2.66. The van der Waals surface area contributed by atoms with E-state index in [1.807, 2.05) is 6.92 Å². The third-order valence-electron chi connectivity index (χ3n) is 10.3. The summed E-state index contributed by atoms with van der Waals surface area (Å²) in [6, 6.07) is 3.43. The van der Waals surface area contributed by atoms with E-state index in [2.05, 4.69) is 19.2 Å². The molecule has 0 bridgehead atoms. The van der Waals surface area contributed by atoms with Gasteiger partial charge in [-0.25, -0.2) is 8.78 Å². The van der Waals surface area contributed by atoms with Crippen molar-refractivity contribution in [2.45, 2.75) is 77.7 Å². The van der Waals surface area contributed by atoms with E-state index in [1.165, 1.54) is 31.4 Å². The molecule has 0 saturated heterocycles. The van der Waals surface area contributed by atoms with Crippen LogP contribution < -0.4 is 5.32 Å². The van der Waals surface area contributed by atoms with Crippen LogP contribution in [0.25, 0.3) is 0 Å². The van der Waals surface area contributed by atoms with Crippen LogP contribution in [-0.2, 0) is 4.79 Å². The summed E-state index contributed by atoms with van der Waals surface area (Å²) < 4.78 is 27.2. The Hall–Kier alpha value is -1.49. The second-order valence-corrected chi connectivity index (χ2v) is 12.3. The molecular formula is C28H39F2NO2. The van der Waals surface area contributed by atoms with Crippen molar-refractivity contribution in [3.63, 3.8) is 0 Å². The zero-order valence-corrected chi connectivity index (χ0v) is 20.2. The zero-order chi connectivity index (χ0) is 23.5. The Bertz CT molecular complexity index is 917. The van der Waals surface area contributed by atoms with E-state index in [-0.39, 0.29) is 29.3 Å². The summed E-state index contributed by atoms with van der Waals surface area (Å²) in [7, 11) is 0. The summed E-state index contributed by atoms with van der Waals surface area (Å²) in [6.07, 6.45) is 8.65.